The number of hydrogen-bond donors (Lipinski definition) is 1. The maximum atomic E-state index is 13.6. The Kier molecular flexibility index (Phi) is 5.11. The topological polar surface area (TPSA) is 64.1 Å². The molecule has 1 aromatic heterocycles. The van der Waals surface area contributed by atoms with Crippen molar-refractivity contribution in [3.63, 3.8) is 0 Å². The second-order valence-corrected chi connectivity index (χ2v) is 5.13. The number of aromatic nitrogens is 2. The zero-order chi connectivity index (χ0) is 14.5. The molecule has 2 rings (SSSR count). The number of nitrogens with one attached hydrogen (secondary N) is 1. The summed E-state index contributed by atoms with van der Waals surface area (Å²) in [5.74, 6) is -0.783. The summed E-state index contributed by atoms with van der Waals surface area (Å²) in [5.41, 5.74) is 0. The van der Waals surface area contributed by atoms with Crippen molar-refractivity contribution in [1.82, 2.24) is 9.97 Å². The first-order chi connectivity index (χ1) is 9.60. The smallest absolute Gasteiger partial charge is 0.308 e. The summed E-state index contributed by atoms with van der Waals surface area (Å²) >= 11 is 5.65. The summed E-state index contributed by atoms with van der Waals surface area (Å²) in [5, 5.41) is 2.99. The standard InChI is InChI=1S/C13H17ClFN3O2/c1-2-20-12(19)8-4-3-5-9(6-8)17-11-10(15)7-16-13(14)18-11/h7-9H,2-6H2,1H3,(H,16,17,18). The third kappa shape index (κ3) is 3.79. The average Bonchev–Trinajstić information content (AvgIpc) is 2.43. The van der Waals surface area contributed by atoms with Crippen LogP contribution in [0.2, 0.25) is 5.28 Å². The molecule has 0 bridgehead atoms. The van der Waals surface area contributed by atoms with E-state index >= 15 is 0 Å². The van der Waals surface area contributed by atoms with Gasteiger partial charge in [0.25, 0.3) is 0 Å². The molecular weight excluding hydrogens is 285 g/mol. The predicted molar refractivity (Wildman–Crippen MR) is 73.0 cm³/mol. The van der Waals surface area contributed by atoms with E-state index in [1.807, 2.05) is 0 Å². The second kappa shape index (κ2) is 6.83. The molecule has 1 aromatic rings. The molecule has 1 aliphatic carbocycles. The zero-order valence-corrected chi connectivity index (χ0v) is 12.0. The molecule has 0 amide bonds. The van der Waals surface area contributed by atoms with Gasteiger partial charge in [-0.1, -0.05) is 6.42 Å². The lowest BCUT2D eigenvalue weighted by molar-refractivity contribution is -0.149. The second-order valence-electron chi connectivity index (χ2n) is 4.79. The van der Waals surface area contributed by atoms with Crippen molar-refractivity contribution in [2.24, 2.45) is 5.92 Å². The predicted octanol–water partition coefficient (Wildman–Crippen LogP) is 2.80. The van der Waals surface area contributed by atoms with Gasteiger partial charge in [-0.25, -0.2) is 9.37 Å². The first-order valence-corrected chi connectivity index (χ1v) is 7.09. The van der Waals surface area contributed by atoms with Crippen LogP contribution in [0.4, 0.5) is 10.2 Å². The van der Waals surface area contributed by atoms with E-state index in [2.05, 4.69) is 15.3 Å². The minimum Gasteiger partial charge on any atom is -0.466 e. The Balaban J connectivity index is 1.99. The molecule has 0 aliphatic heterocycles. The van der Waals surface area contributed by atoms with E-state index in [1.165, 1.54) is 0 Å². The molecule has 0 spiro atoms. The first kappa shape index (κ1) is 15.0. The zero-order valence-electron chi connectivity index (χ0n) is 11.2. The number of hydrogen-bond acceptors (Lipinski definition) is 5. The molecule has 1 fully saturated rings. The largest absolute Gasteiger partial charge is 0.466 e. The number of rotatable bonds is 4. The van der Waals surface area contributed by atoms with Crippen LogP contribution in [0.25, 0.3) is 0 Å². The molecule has 0 aromatic carbocycles. The summed E-state index contributed by atoms with van der Waals surface area (Å²) in [6.45, 7) is 2.16. The van der Waals surface area contributed by atoms with Crippen LogP contribution in [-0.2, 0) is 9.53 Å². The molecule has 1 saturated carbocycles. The van der Waals surface area contributed by atoms with Crippen LogP contribution in [-0.4, -0.2) is 28.6 Å². The van der Waals surface area contributed by atoms with E-state index in [4.69, 9.17) is 16.3 Å². The summed E-state index contributed by atoms with van der Waals surface area (Å²) in [7, 11) is 0. The molecule has 2 unspecified atom stereocenters. The average molecular weight is 302 g/mol. The third-order valence-electron chi connectivity index (χ3n) is 3.35. The molecule has 7 heteroatoms. The van der Waals surface area contributed by atoms with E-state index in [0.29, 0.717) is 13.0 Å². The van der Waals surface area contributed by atoms with Crippen molar-refractivity contribution in [1.29, 1.82) is 0 Å². The minimum atomic E-state index is -0.548. The number of esters is 1. The summed E-state index contributed by atoms with van der Waals surface area (Å²) in [6, 6.07) is -0.0152. The van der Waals surface area contributed by atoms with Crippen LogP contribution >= 0.6 is 11.6 Å². The number of nitrogens with zero attached hydrogens (tertiary/aromatic N) is 2. The highest BCUT2D eigenvalue weighted by molar-refractivity contribution is 6.28. The quantitative estimate of drug-likeness (QED) is 0.684. The molecule has 1 aliphatic rings. The Morgan fingerprint density at radius 1 is 1.60 bits per heavy atom. The number of halogens is 2. The number of carbonyl (C=O) groups excluding carboxylic acids is 1. The third-order valence-corrected chi connectivity index (χ3v) is 3.53. The van der Waals surface area contributed by atoms with Crippen molar-refractivity contribution in [3.8, 4) is 0 Å². The Morgan fingerprint density at radius 3 is 3.15 bits per heavy atom. The van der Waals surface area contributed by atoms with Gasteiger partial charge < -0.3 is 10.1 Å². The molecule has 110 valence electrons. The van der Waals surface area contributed by atoms with Crippen molar-refractivity contribution < 1.29 is 13.9 Å². The molecule has 0 radical (unpaired) electrons. The van der Waals surface area contributed by atoms with Crippen LogP contribution in [0.15, 0.2) is 6.20 Å². The van der Waals surface area contributed by atoms with Crippen molar-refractivity contribution >= 4 is 23.4 Å². The van der Waals surface area contributed by atoms with Gasteiger partial charge in [0, 0.05) is 6.04 Å². The van der Waals surface area contributed by atoms with Gasteiger partial charge in [0.05, 0.1) is 18.7 Å². The molecule has 1 heterocycles. The fourth-order valence-electron chi connectivity index (χ4n) is 2.44. The maximum Gasteiger partial charge on any atom is 0.308 e. The Hall–Kier alpha value is -1.43. The van der Waals surface area contributed by atoms with Crippen molar-refractivity contribution in [2.75, 3.05) is 11.9 Å². The van der Waals surface area contributed by atoms with E-state index in [0.717, 1.165) is 25.5 Å². The lowest BCUT2D eigenvalue weighted by Crippen LogP contribution is -2.32. The van der Waals surface area contributed by atoms with Crippen LogP contribution in [0.1, 0.15) is 32.6 Å². The van der Waals surface area contributed by atoms with Gasteiger partial charge in [0.2, 0.25) is 5.28 Å². The normalized spacial score (nSPS) is 22.4. The lowest BCUT2D eigenvalue weighted by Gasteiger charge is -2.28. The summed E-state index contributed by atoms with van der Waals surface area (Å²) < 4.78 is 18.6. The van der Waals surface area contributed by atoms with Crippen molar-refractivity contribution in [3.05, 3.63) is 17.3 Å². The van der Waals surface area contributed by atoms with Crippen LogP contribution in [0.5, 0.6) is 0 Å². The van der Waals surface area contributed by atoms with E-state index in [1.54, 1.807) is 6.92 Å². The Labute approximate surface area is 121 Å². The Morgan fingerprint density at radius 2 is 2.40 bits per heavy atom. The van der Waals surface area contributed by atoms with Crippen LogP contribution in [0.3, 0.4) is 0 Å². The van der Waals surface area contributed by atoms with Gasteiger partial charge >= 0.3 is 5.97 Å². The summed E-state index contributed by atoms with van der Waals surface area (Å²) in [6.07, 6.45) is 4.20. The Bertz CT molecular complexity index is 487. The number of carbonyl (C=O) groups is 1. The van der Waals surface area contributed by atoms with Crippen LogP contribution in [0, 0.1) is 11.7 Å². The van der Waals surface area contributed by atoms with Gasteiger partial charge in [0.15, 0.2) is 11.6 Å². The van der Waals surface area contributed by atoms with Crippen molar-refractivity contribution in [2.45, 2.75) is 38.6 Å². The highest BCUT2D eigenvalue weighted by Gasteiger charge is 2.28. The number of ether oxygens (including phenoxy) is 1. The SMILES string of the molecule is CCOC(=O)C1CCCC(Nc2nc(Cl)ncc2F)C1. The lowest BCUT2D eigenvalue weighted by atomic mass is 9.86. The van der Waals surface area contributed by atoms with Gasteiger partial charge in [-0.3, -0.25) is 4.79 Å². The highest BCUT2D eigenvalue weighted by atomic mass is 35.5. The van der Waals surface area contributed by atoms with Gasteiger partial charge in [-0.2, -0.15) is 4.98 Å². The minimum absolute atomic E-state index is 0.00773. The molecule has 5 nitrogen and oxygen atoms in total. The number of anilines is 1. The summed E-state index contributed by atoms with van der Waals surface area (Å²) in [4.78, 5) is 19.1. The fraction of sp³-hybridized carbons (Fsp3) is 0.615. The first-order valence-electron chi connectivity index (χ1n) is 6.71. The molecule has 0 saturated heterocycles. The molecule has 2 atom stereocenters. The molecule has 20 heavy (non-hydrogen) atoms. The van der Waals surface area contributed by atoms with Gasteiger partial charge in [-0.05, 0) is 37.8 Å². The van der Waals surface area contributed by atoms with E-state index in [-0.39, 0.29) is 29.0 Å². The van der Waals surface area contributed by atoms with Gasteiger partial charge in [-0.15, -0.1) is 0 Å². The highest BCUT2D eigenvalue weighted by Crippen LogP contribution is 2.28. The van der Waals surface area contributed by atoms with Gasteiger partial charge in [0.1, 0.15) is 0 Å². The molecule has 1 N–H and O–H groups in total. The monoisotopic (exact) mass is 301 g/mol. The van der Waals surface area contributed by atoms with E-state index < -0.39 is 5.82 Å². The molecular formula is C13H17ClFN3O2. The van der Waals surface area contributed by atoms with E-state index in [9.17, 15) is 9.18 Å². The fourth-order valence-corrected chi connectivity index (χ4v) is 2.57. The van der Waals surface area contributed by atoms with Crippen LogP contribution < -0.4 is 5.32 Å². The maximum absolute atomic E-state index is 13.6.